The number of hydrogen-bond donors (Lipinski definition) is 1. The highest BCUT2D eigenvalue weighted by atomic mass is 35.5. The molecule has 0 aliphatic heterocycles. The van der Waals surface area contributed by atoms with Gasteiger partial charge in [0.05, 0.1) is 24.9 Å². The van der Waals surface area contributed by atoms with Crippen LogP contribution in [0.4, 0.5) is 9.52 Å². The van der Waals surface area contributed by atoms with E-state index in [0.717, 1.165) is 5.56 Å². The van der Waals surface area contributed by atoms with Crippen molar-refractivity contribution in [2.75, 3.05) is 12.0 Å². The fourth-order valence-electron chi connectivity index (χ4n) is 2.46. The average molecular weight is 448 g/mol. The molecule has 1 heterocycles. The second kappa shape index (κ2) is 10.7. The number of hydrazone groups is 1. The van der Waals surface area contributed by atoms with E-state index < -0.39 is 5.82 Å². The minimum absolute atomic E-state index is 0.109. The third-order valence-electron chi connectivity index (χ3n) is 3.80. The molecule has 2 aromatic carbocycles. The van der Waals surface area contributed by atoms with E-state index in [2.05, 4.69) is 15.5 Å². The topological polar surface area (TPSA) is 72.8 Å². The highest BCUT2D eigenvalue weighted by molar-refractivity contribution is 7.13. The van der Waals surface area contributed by atoms with Gasteiger partial charge in [0.25, 0.3) is 0 Å². The number of nitrogens with zero attached hydrogens (tertiary/aromatic N) is 2. The summed E-state index contributed by atoms with van der Waals surface area (Å²) < 4.78 is 24.7. The number of aromatic nitrogens is 1. The normalized spacial score (nSPS) is 10.9. The quantitative estimate of drug-likeness (QED) is 0.282. The monoisotopic (exact) mass is 447 g/mol. The van der Waals surface area contributed by atoms with Crippen LogP contribution in [0.3, 0.4) is 0 Å². The molecule has 1 N–H and O–H groups in total. The van der Waals surface area contributed by atoms with Crippen LogP contribution in [0, 0.1) is 5.82 Å². The molecule has 156 valence electrons. The first-order valence-corrected chi connectivity index (χ1v) is 10.3. The number of anilines is 1. The number of esters is 1. The Morgan fingerprint density at radius 3 is 2.97 bits per heavy atom. The fraction of sp³-hybridized carbons (Fsp3) is 0.190. The number of nitrogens with one attached hydrogen (secondary N) is 1. The summed E-state index contributed by atoms with van der Waals surface area (Å²) in [6, 6.07) is 11.8. The highest BCUT2D eigenvalue weighted by Gasteiger charge is 2.08. The van der Waals surface area contributed by atoms with Gasteiger partial charge >= 0.3 is 5.97 Å². The molecular formula is C21H19ClFN3O3S. The van der Waals surface area contributed by atoms with Gasteiger partial charge in [0.1, 0.15) is 6.61 Å². The molecule has 30 heavy (non-hydrogen) atoms. The molecule has 3 aromatic rings. The Morgan fingerprint density at radius 1 is 1.33 bits per heavy atom. The Kier molecular flexibility index (Phi) is 7.75. The number of carbonyl (C=O) groups excluding carboxylic acids is 1. The van der Waals surface area contributed by atoms with Crippen LogP contribution in [0.1, 0.15) is 23.7 Å². The van der Waals surface area contributed by atoms with Gasteiger partial charge < -0.3 is 9.47 Å². The van der Waals surface area contributed by atoms with Crippen molar-refractivity contribution in [2.45, 2.75) is 20.0 Å². The summed E-state index contributed by atoms with van der Waals surface area (Å²) in [6.45, 7) is 2.30. The first kappa shape index (κ1) is 21.7. The number of benzene rings is 2. The van der Waals surface area contributed by atoms with E-state index in [1.165, 1.54) is 23.6 Å². The molecule has 0 spiro atoms. The van der Waals surface area contributed by atoms with Crippen LogP contribution in [0.2, 0.25) is 5.02 Å². The number of carbonyl (C=O) groups is 1. The van der Waals surface area contributed by atoms with Crippen molar-refractivity contribution in [2.24, 2.45) is 5.10 Å². The molecule has 3 rings (SSSR count). The molecule has 9 heteroatoms. The van der Waals surface area contributed by atoms with Crippen molar-refractivity contribution in [1.29, 1.82) is 0 Å². The summed E-state index contributed by atoms with van der Waals surface area (Å²) in [5, 5.41) is 6.92. The third-order valence-corrected chi connectivity index (χ3v) is 4.83. The zero-order valence-electron chi connectivity index (χ0n) is 16.1. The number of rotatable bonds is 9. The molecule has 1 aromatic heterocycles. The maximum Gasteiger partial charge on any atom is 0.311 e. The molecule has 0 bridgehead atoms. The Bertz CT molecular complexity index is 1040. The van der Waals surface area contributed by atoms with Crippen LogP contribution in [0.15, 0.2) is 52.9 Å². The predicted molar refractivity (Wildman–Crippen MR) is 116 cm³/mol. The molecule has 0 aliphatic carbocycles. The zero-order chi connectivity index (χ0) is 21.3. The lowest BCUT2D eigenvalue weighted by Crippen LogP contribution is -2.07. The van der Waals surface area contributed by atoms with Crippen molar-refractivity contribution >= 4 is 40.3 Å². The Balaban J connectivity index is 1.53. The van der Waals surface area contributed by atoms with E-state index >= 15 is 0 Å². The van der Waals surface area contributed by atoms with Crippen molar-refractivity contribution in [3.05, 3.63) is 75.5 Å². The van der Waals surface area contributed by atoms with Crippen LogP contribution < -0.4 is 10.2 Å². The maximum atomic E-state index is 14.3. The lowest BCUT2D eigenvalue weighted by molar-refractivity contribution is -0.142. The summed E-state index contributed by atoms with van der Waals surface area (Å²) >= 11 is 7.24. The van der Waals surface area contributed by atoms with Crippen LogP contribution in [-0.4, -0.2) is 23.8 Å². The van der Waals surface area contributed by atoms with Gasteiger partial charge in [-0.05, 0) is 48.4 Å². The summed E-state index contributed by atoms with van der Waals surface area (Å²) in [7, 11) is 0. The predicted octanol–water partition coefficient (Wildman–Crippen LogP) is 5.07. The van der Waals surface area contributed by atoms with Gasteiger partial charge in [0, 0.05) is 10.4 Å². The SMILES string of the molecule is CCOC(=O)Cc1csc(NN=Cc2ccc(OCc3cccc(Cl)c3)c(F)c2)n1. The molecule has 6 nitrogen and oxygen atoms in total. The van der Waals surface area contributed by atoms with Crippen molar-refractivity contribution in [1.82, 2.24) is 4.98 Å². The highest BCUT2D eigenvalue weighted by Crippen LogP contribution is 2.20. The van der Waals surface area contributed by atoms with Crippen molar-refractivity contribution in [3.63, 3.8) is 0 Å². The smallest absolute Gasteiger partial charge is 0.311 e. The Morgan fingerprint density at radius 2 is 2.20 bits per heavy atom. The zero-order valence-corrected chi connectivity index (χ0v) is 17.7. The van der Waals surface area contributed by atoms with E-state index in [1.807, 2.05) is 12.1 Å². The number of thiazole rings is 1. The molecular weight excluding hydrogens is 429 g/mol. The van der Waals surface area contributed by atoms with E-state index in [-0.39, 0.29) is 24.7 Å². The molecule has 0 unspecified atom stereocenters. The van der Waals surface area contributed by atoms with Crippen molar-refractivity contribution < 1.29 is 18.7 Å². The molecule has 0 atom stereocenters. The fourth-order valence-corrected chi connectivity index (χ4v) is 3.34. The largest absolute Gasteiger partial charge is 0.486 e. The first-order chi connectivity index (χ1) is 14.5. The second-order valence-electron chi connectivity index (χ2n) is 6.10. The number of ether oxygens (including phenoxy) is 2. The summed E-state index contributed by atoms with van der Waals surface area (Å²) in [5.74, 6) is -0.679. The molecule has 0 amide bonds. The minimum atomic E-state index is -0.494. The first-order valence-electron chi connectivity index (χ1n) is 9.09. The lowest BCUT2D eigenvalue weighted by atomic mass is 10.2. The minimum Gasteiger partial charge on any atom is -0.486 e. The molecule has 0 saturated heterocycles. The summed E-state index contributed by atoms with van der Waals surface area (Å²) in [6.07, 6.45) is 1.58. The van der Waals surface area contributed by atoms with E-state index in [0.29, 0.717) is 28.0 Å². The van der Waals surface area contributed by atoms with E-state index in [4.69, 9.17) is 21.1 Å². The lowest BCUT2D eigenvalue weighted by Gasteiger charge is -2.08. The van der Waals surface area contributed by atoms with Gasteiger partial charge in [0.15, 0.2) is 11.6 Å². The summed E-state index contributed by atoms with van der Waals surface area (Å²) in [5.41, 5.74) is 4.77. The van der Waals surface area contributed by atoms with Gasteiger partial charge in [-0.15, -0.1) is 11.3 Å². The molecule has 0 fully saturated rings. The van der Waals surface area contributed by atoms with Crippen LogP contribution in [-0.2, 0) is 22.6 Å². The second-order valence-corrected chi connectivity index (χ2v) is 7.40. The van der Waals surface area contributed by atoms with Crippen molar-refractivity contribution in [3.8, 4) is 5.75 Å². The van der Waals surface area contributed by atoms with Gasteiger partial charge in [-0.2, -0.15) is 5.10 Å². The van der Waals surface area contributed by atoms with Gasteiger partial charge in [-0.3, -0.25) is 10.2 Å². The van der Waals surface area contributed by atoms with Gasteiger partial charge in [-0.1, -0.05) is 23.7 Å². The molecule has 0 radical (unpaired) electrons. The van der Waals surface area contributed by atoms with Crippen LogP contribution in [0.5, 0.6) is 5.75 Å². The van der Waals surface area contributed by atoms with Gasteiger partial charge in [-0.25, -0.2) is 9.37 Å². The van der Waals surface area contributed by atoms with Gasteiger partial charge in [0.2, 0.25) is 5.13 Å². The van der Waals surface area contributed by atoms with Crippen LogP contribution >= 0.6 is 22.9 Å². The molecule has 0 aliphatic rings. The number of hydrogen-bond acceptors (Lipinski definition) is 7. The summed E-state index contributed by atoms with van der Waals surface area (Å²) in [4.78, 5) is 15.7. The van der Waals surface area contributed by atoms with E-state index in [1.54, 1.807) is 36.6 Å². The Labute approximate surface area is 182 Å². The maximum absolute atomic E-state index is 14.3. The third kappa shape index (κ3) is 6.53. The van der Waals surface area contributed by atoms with E-state index in [9.17, 15) is 9.18 Å². The standard InChI is InChI=1S/C21H19ClFN3O3S/c1-2-28-20(27)10-17-13-30-21(25-17)26-24-11-14-6-7-19(18(23)9-14)29-12-15-4-3-5-16(22)8-15/h3-9,11,13H,2,10,12H2,1H3,(H,25,26). The van der Waals surface area contributed by atoms with Crippen LogP contribution in [0.25, 0.3) is 0 Å². The Hall–Kier alpha value is -2.97. The molecule has 0 saturated carbocycles. The number of halogens is 2. The average Bonchev–Trinajstić information content (AvgIpc) is 3.14.